The maximum atomic E-state index is 12.0. The van der Waals surface area contributed by atoms with Crippen molar-refractivity contribution in [2.75, 3.05) is 5.73 Å². The zero-order chi connectivity index (χ0) is 14.9. The summed E-state index contributed by atoms with van der Waals surface area (Å²) < 4.78 is 1.62. The zero-order valence-corrected chi connectivity index (χ0v) is 12.9. The highest BCUT2D eigenvalue weighted by atomic mass is 32.1. The van der Waals surface area contributed by atoms with Gasteiger partial charge in [0, 0.05) is 11.1 Å². The molecule has 0 fully saturated rings. The maximum Gasteiger partial charge on any atom is 0.242 e. The average Bonchev–Trinajstić information content (AvgIpc) is 2.90. The molecule has 7 heteroatoms. The Balaban J connectivity index is 2.00. The molecule has 0 bridgehead atoms. The molecule has 0 aliphatic rings. The van der Waals surface area contributed by atoms with Gasteiger partial charge in [0.25, 0.3) is 0 Å². The molecule has 1 unspecified atom stereocenters. The minimum absolute atomic E-state index is 0.101. The number of amides is 1. The maximum absolute atomic E-state index is 12.0. The molecule has 1 atom stereocenters. The summed E-state index contributed by atoms with van der Waals surface area (Å²) >= 11 is 1.55. The molecule has 0 saturated carbocycles. The standard InChI is InChI=1S/C13H19N5OS/c1-7-6-20-13(15-7)9(3)16-11(19)5-18-10(4)12(14)8(2)17-18/h6,9H,5,14H2,1-4H3,(H,16,19). The summed E-state index contributed by atoms with van der Waals surface area (Å²) in [6.45, 7) is 7.71. The molecule has 0 aliphatic heterocycles. The third-order valence-electron chi connectivity index (χ3n) is 3.12. The Morgan fingerprint density at radius 3 is 2.70 bits per heavy atom. The fourth-order valence-electron chi connectivity index (χ4n) is 1.92. The van der Waals surface area contributed by atoms with Crippen LogP contribution in [0.15, 0.2) is 5.38 Å². The van der Waals surface area contributed by atoms with Crippen molar-refractivity contribution in [2.24, 2.45) is 0 Å². The first kappa shape index (κ1) is 14.5. The third-order valence-corrected chi connectivity index (χ3v) is 4.26. The largest absolute Gasteiger partial charge is 0.396 e. The van der Waals surface area contributed by atoms with Crippen LogP contribution < -0.4 is 11.1 Å². The van der Waals surface area contributed by atoms with Crippen molar-refractivity contribution >= 4 is 22.9 Å². The highest BCUT2D eigenvalue weighted by Gasteiger charge is 2.15. The van der Waals surface area contributed by atoms with Crippen LogP contribution in [-0.2, 0) is 11.3 Å². The Kier molecular flexibility index (Phi) is 4.08. The molecule has 20 heavy (non-hydrogen) atoms. The van der Waals surface area contributed by atoms with E-state index >= 15 is 0 Å². The lowest BCUT2D eigenvalue weighted by Gasteiger charge is -2.12. The Labute approximate surface area is 122 Å². The number of hydrogen-bond acceptors (Lipinski definition) is 5. The number of carbonyl (C=O) groups is 1. The molecule has 3 N–H and O–H groups in total. The van der Waals surface area contributed by atoms with Crippen molar-refractivity contribution in [1.82, 2.24) is 20.1 Å². The SMILES string of the molecule is Cc1csc(C(C)NC(=O)Cn2nc(C)c(N)c2C)n1. The lowest BCUT2D eigenvalue weighted by molar-refractivity contribution is -0.122. The molecule has 0 spiro atoms. The van der Waals surface area contributed by atoms with Crippen LogP contribution in [0.5, 0.6) is 0 Å². The van der Waals surface area contributed by atoms with E-state index in [0.717, 1.165) is 22.1 Å². The van der Waals surface area contributed by atoms with Gasteiger partial charge in [-0.05, 0) is 27.7 Å². The van der Waals surface area contributed by atoms with Crippen molar-refractivity contribution in [3.05, 3.63) is 27.5 Å². The highest BCUT2D eigenvalue weighted by molar-refractivity contribution is 7.09. The van der Waals surface area contributed by atoms with Crippen molar-refractivity contribution in [3.8, 4) is 0 Å². The van der Waals surface area contributed by atoms with Gasteiger partial charge in [-0.1, -0.05) is 0 Å². The summed E-state index contributed by atoms with van der Waals surface area (Å²) in [6.07, 6.45) is 0. The van der Waals surface area contributed by atoms with Gasteiger partial charge in [-0.15, -0.1) is 11.3 Å². The summed E-state index contributed by atoms with van der Waals surface area (Å²) in [5, 5.41) is 10.1. The van der Waals surface area contributed by atoms with E-state index in [1.807, 2.05) is 33.1 Å². The first-order chi connectivity index (χ1) is 9.38. The highest BCUT2D eigenvalue weighted by Crippen LogP contribution is 2.18. The number of carbonyl (C=O) groups excluding carboxylic acids is 1. The molecule has 1 amide bonds. The summed E-state index contributed by atoms with van der Waals surface area (Å²) in [4.78, 5) is 16.4. The van der Waals surface area contributed by atoms with Crippen LogP contribution in [0.2, 0.25) is 0 Å². The summed E-state index contributed by atoms with van der Waals surface area (Å²) in [5.74, 6) is -0.101. The average molecular weight is 293 g/mol. The van der Waals surface area contributed by atoms with Crippen molar-refractivity contribution in [1.29, 1.82) is 0 Å². The van der Waals surface area contributed by atoms with Gasteiger partial charge in [-0.2, -0.15) is 5.10 Å². The number of aromatic nitrogens is 3. The van der Waals surface area contributed by atoms with Gasteiger partial charge in [-0.3, -0.25) is 9.48 Å². The lowest BCUT2D eigenvalue weighted by atomic mass is 10.3. The number of thiazole rings is 1. The van der Waals surface area contributed by atoms with Gasteiger partial charge >= 0.3 is 0 Å². The van der Waals surface area contributed by atoms with Crippen LogP contribution in [0.1, 0.15) is 35.1 Å². The Morgan fingerprint density at radius 2 is 2.20 bits per heavy atom. The number of rotatable bonds is 4. The number of aryl methyl sites for hydroxylation is 2. The topological polar surface area (TPSA) is 85.8 Å². The van der Waals surface area contributed by atoms with E-state index in [1.165, 1.54) is 0 Å². The predicted octanol–water partition coefficient (Wildman–Crippen LogP) is 1.72. The van der Waals surface area contributed by atoms with Gasteiger partial charge in [0.2, 0.25) is 5.91 Å². The third kappa shape index (κ3) is 2.98. The van der Waals surface area contributed by atoms with E-state index in [4.69, 9.17) is 5.73 Å². The molecule has 0 aliphatic carbocycles. The monoisotopic (exact) mass is 293 g/mol. The second kappa shape index (κ2) is 5.62. The molecule has 2 aromatic heterocycles. The first-order valence-corrected chi connectivity index (χ1v) is 7.27. The van der Waals surface area contributed by atoms with Crippen LogP contribution in [0, 0.1) is 20.8 Å². The molecule has 2 heterocycles. The van der Waals surface area contributed by atoms with Crippen LogP contribution in [-0.4, -0.2) is 20.7 Å². The number of anilines is 1. The van der Waals surface area contributed by atoms with E-state index in [0.29, 0.717) is 5.69 Å². The van der Waals surface area contributed by atoms with E-state index in [9.17, 15) is 4.79 Å². The molecular weight excluding hydrogens is 274 g/mol. The Hall–Kier alpha value is -1.89. The fraction of sp³-hybridized carbons (Fsp3) is 0.462. The molecule has 0 aromatic carbocycles. The van der Waals surface area contributed by atoms with Crippen LogP contribution >= 0.6 is 11.3 Å². The van der Waals surface area contributed by atoms with Crippen molar-refractivity contribution in [3.63, 3.8) is 0 Å². The van der Waals surface area contributed by atoms with Gasteiger partial charge < -0.3 is 11.1 Å². The molecule has 0 radical (unpaired) electrons. The van der Waals surface area contributed by atoms with Crippen LogP contribution in [0.3, 0.4) is 0 Å². The molecule has 6 nitrogen and oxygen atoms in total. The number of nitrogens with zero attached hydrogens (tertiary/aromatic N) is 3. The molecule has 0 saturated heterocycles. The number of nitrogens with one attached hydrogen (secondary N) is 1. The first-order valence-electron chi connectivity index (χ1n) is 6.39. The van der Waals surface area contributed by atoms with E-state index < -0.39 is 0 Å². The Bertz CT molecular complexity index is 631. The van der Waals surface area contributed by atoms with Crippen molar-refractivity contribution in [2.45, 2.75) is 40.3 Å². The Morgan fingerprint density at radius 1 is 1.50 bits per heavy atom. The van der Waals surface area contributed by atoms with Crippen LogP contribution in [0.25, 0.3) is 0 Å². The second-order valence-electron chi connectivity index (χ2n) is 4.86. The predicted molar refractivity (Wildman–Crippen MR) is 79.5 cm³/mol. The molecule has 2 rings (SSSR count). The van der Waals surface area contributed by atoms with Gasteiger partial charge in [0.15, 0.2) is 0 Å². The molecular formula is C13H19N5OS. The van der Waals surface area contributed by atoms with Gasteiger partial charge in [-0.25, -0.2) is 4.98 Å². The van der Waals surface area contributed by atoms with Crippen molar-refractivity contribution < 1.29 is 4.79 Å². The van der Waals surface area contributed by atoms with E-state index in [1.54, 1.807) is 16.0 Å². The lowest BCUT2D eigenvalue weighted by Crippen LogP contribution is -2.30. The minimum atomic E-state index is -0.101. The summed E-state index contributed by atoms with van der Waals surface area (Å²) in [6, 6.07) is -0.101. The van der Waals surface area contributed by atoms with Gasteiger partial charge in [0.05, 0.1) is 23.1 Å². The quantitative estimate of drug-likeness (QED) is 0.899. The summed E-state index contributed by atoms with van der Waals surface area (Å²) in [5.41, 5.74) is 9.02. The number of hydrogen-bond donors (Lipinski definition) is 2. The number of nitrogens with two attached hydrogens (primary N) is 1. The molecule has 2 aromatic rings. The smallest absolute Gasteiger partial charge is 0.242 e. The zero-order valence-electron chi connectivity index (χ0n) is 12.1. The molecule has 108 valence electrons. The van der Waals surface area contributed by atoms with E-state index in [-0.39, 0.29) is 18.5 Å². The summed E-state index contributed by atoms with van der Waals surface area (Å²) in [7, 11) is 0. The fourth-order valence-corrected chi connectivity index (χ4v) is 2.72. The van der Waals surface area contributed by atoms with Crippen LogP contribution in [0.4, 0.5) is 5.69 Å². The van der Waals surface area contributed by atoms with Gasteiger partial charge in [0.1, 0.15) is 11.6 Å². The second-order valence-corrected chi connectivity index (χ2v) is 5.75. The number of nitrogen functional groups attached to an aromatic ring is 1. The minimum Gasteiger partial charge on any atom is -0.396 e. The van der Waals surface area contributed by atoms with E-state index in [2.05, 4.69) is 15.4 Å². The normalized spacial score (nSPS) is 12.4.